The van der Waals surface area contributed by atoms with Gasteiger partial charge in [-0.25, -0.2) is 8.78 Å². The molecule has 2 aromatic rings. The number of amides is 1. The summed E-state index contributed by atoms with van der Waals surface area (Å²) in [6, 6.07) is 11.2. The predicted molar refractivity (Wildman–Crippen MR) is 99.4 cm³/mol. The molecule has 6 nitrogen and oxygen atoms in total. The van der Waals surface area contributed by atoms with Gasteiger partial charge in [-0.15, -0.1) is 0 Å². The maximum atomic E-state index is 13.6. The number of carbonyl (C=O) groups is 1. The van der Waals surface area contributed by atoms with Crippen LogP contribution in [0.3, 0.4) is 0 Å². The van der Waals surface area contributed by atoms with E-state index in [0.29, 0.717) is 16.8 Å². The zero-order chi connectivity index (χ0) is 19.7. The lowest BCUT2D eigenvalue weighted by atomic mass is 9.85. The molecule has 8 heteroatoms. The summed E-state index contributed by atoms with van der Waals surface area (Å²) in [6.45, 7) is -0.384. The summed E-state index contributed by atoms with van der Waals surface area (Å²) in [4.78, 5) is 15.6. The highest BCUT2D eigenvalue weighted by atomic mass is 19.3. The summed E-state index contributed by atoms with van der Waals surface area (Å²) in [5, 5.41) is 13.1. The average molecular weight is 374 g/mol. The second-order valence-corrected chi connectivity index (χ2v) is 6.65. The number of alkyl halides is 2. The number of nitrogens with one attached hydrogen (secondary N) is 1. The van der Waals surface area contributed by atoms with Crippen LogP contribution in [-0.2, 0) is 5.60 Å². The van der Waals surface area contributed by atoms with Gasteiger partial charge in [0.1, 0.15) is 5.60 Å². The maximum absolute atomic E-state index is 13.6. The third-order valence-corrected chi connectivity index (χ3v) is 4.51. The van der Waals surface area contributed by atoms with Gasteiger partial charge in [-0.05, 0) is 23.8 Å². The number of nitrogen functional groups attached to an aromatic ring is 1. The van der Waals surface area contributed by atoms with Crippen LogP contribution >= 0.6 is 0 Å². The average Bonchev–Trinajstić information content (AvgIpc) is 2.60. The summed E-state index contributed by atoms with van der Waals surface area (Å²) < 4.78 is 27.2. The Morgan fingerprint density at radius 3 is 2.52 bits per heavy atom. The summed E-state index contributed by atoms with van der Waals surface area (Å²) in [5.41, 5.74) is 11.4. The molecule has 0 aromatic heterocycles. The van der Waals surface area contributed by atoms with Crippen LogP contribution in [0, 0.1) is 0 Å². The van der Waals surface area contributed by atoms with Crippen molar-refractivity contribution in [2.75, 3.05) is 18.8 Å². The van der Waals surface area contributed by atoms with Crippen LogP contribution in [-0.4, -0.2) is 36.2 Å². The van der Waals surface area contributed by atoms with E-state index in [1.807, 2.05) is 0 Å². The number of rotatable bonds is 4. The molecule has 27 heavy (non-hydrogen) atoms. The third kappa shape index (κ3) is 4.12. The van der Waals surface area contributed by atoms with E-state index in [9.17, 15) is 18.7 Å². The molecule has 6 N–H and O–H groups in total. The number of β-amino-alcohol motifs (C(OH)–C–C–N with tert-alkyl or cyclic N) is 1. The molecule has 1 fully saturated rings. The van der Waals surface area contributed by atoms with Gasteiger partial charge in [0.25, 0.3) is 11.8 Å². The summed E-state index contributed by atoms with van der Waals surface area (Å²) in [7, 11) is 0. The molecular weight excluding hydrogens is 354 g/mol. The standard InChI is InChI=1S/C19H20F2N4O2/c20-19(21)9-18(27,10-24-11-19)13-4-6-14(7-5-13)25-8-12-2-1-3-15(16(12)22)17(23)26/h1-8,24,27H,9-11,22H2,(H2,23,26). The normalized spacial score (nSPS) is 22.0. The number of aliphatic hydroxyl groups is 1. The number of piperidine rings is 1. The number of hydrogen-bond donors (Lipinski definition) is 4. The quantitative estimate of drug-likeness (QED) is 0.484. The summed E-state index contributed by atoms with van der Waals surface area (Å²) in [5.74, 6) is -3.59. The van der Waals surface area contributed by atoms with Crippen molar-refractivity contribution in [3.63, 3.8) is 0 Å². The van der Waals surface area contributed by atoms with Crippen LogP contribution in [0.4, 0.5) is 20.2 Å². The van der Waals surface area contributed by atoms with Crippen molar-refractivity contribution in [2.24, 2.45) is 10.7 Å². The molecule has 1 heterocycles. The van der Waals surface area contributed by atoms with Gasteiger partial charge in [-0.1, -0.05) is 24.3 Å². The number of halogens is 2. The van der Waals surface area contributed by atoms with Crippen molar-refractivity contribution in [1.29, 1.82) is 0 Å². The van der Waals surface area contributed by atoms with Crippen molar-refractivity contribution in [3.05, 3.63) is 59.2 Å². The van der Waals surface area contributed by atoms with Crippen molar-refractivity contribution in [3.8, 4) is 0 Å². The Kier molecular flexibility index (Phi) is 4.95. The molecule has 1 aliphatic rings. The van der Waals surface area contributed by atoms with Crippen molar-refractivity contribution in [2.45, 2.75) is 17.9 Å². The van der Waals surface area contributed by atoms with Crippen molar-refractivity contribution in [1.82, 2.24) is 5.32 Å². The van der Waals surface area contributed by atoms with Crippen LogP contribution in [0.15, 0.2) is 47.5 Å². The minimum atomic E-state index is -2.97. The van der Waals surface area contributed by atoms with Gasteiger partial charge in [0.15, 0.2) is 0 Å². The van der Waals surface area contributed by atoms with Gasteiger partial charge in [-0.3, -0.25) is 9.79 Å². The molecule has 142 valence electrons. The molecule has 1 aliphatic heterocycles. The van der Waals surface area contributed by atoms with E-state index < -0.39 is 30.4 Å². The SMILES string of the molecule is NC(=O)c1cccc(C=Nc2ccc(C3(O)CNCC(F)(F)C3)cc2)c1N. The Balaban J connectivity index is 1.80. The molecule has 1 unspecified atom stereocenters. The first-order chi connectivity index (χ1) is 12.7. The van der Waals surface area contributed by atoms with Gasteiger partial charge in [0.2, 0.25) is 0 Å². The smallest absolute Gasteiger partial charge is 0.263 e. The van der Waals surface area contributed by atoms with Gasteiger partial charge < -0.3 is 21.9 Å². The number of para-hydroxylation sites is 1. The molecule has 0 aliphatic carbocycles. The largest absolute Gasteiger partial charge is 0.398 e. The molecule has 1 atom stereocenters. The highest BCUT2D eigenvalue weighted by Gasteiger charge is 2.45. The van der Waals surface area contributed by atoms with E-state index in [0.717, 1.165) is 0 Å². The Morgan fingerprint density at radius 1 is 1.19 bits per heavy atom. The highest BCUT2D eigenvalue weighted by molar-refractivity contribution is 6.02. The Hall–Kier alpha value is -2.84. The van der Waals surface area contributed by atoms with Gasteiger partial charge in [0.05, 0.1) is 23.5 Å². The molecular formula is C19H20F2N4O2. The first kappa shape index (κ1) is 18.9. The number of anilines is 1. The zero-order valence-corrected chi connectivity index (χ0v) is 14.5. The van der Waals surface area contributed by atoms with E-state index in [2.05, 4.69) is 10.3 Å². The third-order valence-electron chi connectivity index (χ3n) is 4.51. The molecule has 1 amide bonds. The van der Waals surface area contributed by atoms with Crippen LogP contribution < -0.4 is 16.8 Å². The number of nitrogens with two attached hydrogens (primary N) is 2. The molecule has 0 radical (unpaired) electrons. The minimum absolute atomic E-state index is 0.0572. The van der Waals surface area contributed by atoms with Gasteiger partial charge in [0, 0.05) is 24.7 Å². The lowest BCUT2D eigenvalue weighted by molar-refractivity contribution is -0.115. The van der Waals surface area contributed by atoms with Crippen LogP contribution in [0.25, 0.3) is 0 Å². The minimum Gasteiger partial charge on any atom is -0.398 e. The van der Waals surface area contributed by atoms with Crippen molar-refractivity contribution >= 4 is 23.5 Å². The fourth-order valence-electron chi connectivity index (χ4n) is 3.12. The second kappa shape index (κ2) is 7.05. The van der Waals surface area contributed by atoms with E-state index in [-0.39, 0.29) is 17.8 Å². The Morgan fingerprint density at radius 2 is 1.89 bits per heavy atom. The van der Waals surface area contributed by atoms with E-state index in [1.165, 1.54) is 12.3 Å². The number of aliphatic imine (C=N–C) groups is 1. The lowest BCUT2D eigenvalue weighted by Gasteiger charge is -2.37. The highest BCUT2D eigenvalue weighted by Crippen LogP contribution is 2.36. The van der Waals surface area contributed by atoms with E-state index in [4.69, 9.17) is 11.5 Å². The summed E-state index contributed by atoms with van der Waals surface area (Å²) in [6.07, 6.45) is 0.855. The first-order valence-electron chi connectivity index (χ1n) is 8.34. The fourth-order valence-corrected chi connectivity index (χ4v) is 3.12. The molecule has 2 aromatic carbocycles. The molecule has 3 rings (SSSR count). The lowest BCUT2D eigenvalue weighted by Crippen LogP contribution is -2.52. The molecule has 1 saturated heterocycles. The number of benzene rings is 2. The van der Waals surface area contributed by atoms with Crippen LogP contribution in [0.1, 0.15) is 27.9 Å². The second-order valence-electron chi connectivity index (χ2n) is 6.65. The number of hydrogen-bond acceptors (Lipinski definition) is 5. The zero-order valence-electron chi connectivity index (χ0n) is 14.5. The van der Waals surface area contributed by atoms with Crippen LogP contribution in [0.5, 0.6) is 0 Å². The van der Waals surface area contributed by atoms with E-state index >= 15 is 0 Å². The Bertz CT molecular complexity index is 884. The van der Waals surface area contributed by atoms with Gasteiger partial charge >= 0.3 is 0 Å². The topological polar surface area (TPSA) is 114 Å². The molecule has 0 saturated carbocycles. The van der Waals surface area contributed by atoms with Crippen LogP contribution in [0.2, 0.25) is 0 Å². The number of carbonyl (C=O) groups excluding carboxylic acids is 1. The fraction of sp³-hybridized carbons (Fsp3) is 0.263. The Labute approximate surface area is 154 Å². The maximum Gasteiger partial charge on any atom is 0.263 e. The monoisotopic (exact) mass is 374 g/mol. The molecule has 0 spiro atoms. The van der Waals surface area contributed by atoms with E-state index in [1.54, 1.807) is 36.4 Å². The predicted octanol–water partition coefficient (Wildman–Crippen LogP) is 1.93. The summed E-state index contributed by atoms with van der Waals surface area (Å²) >= 11 is 0. The van der Waals surface area contributed by atoms with Gasteiger partial charge in [-0.2, -0.15) is 0 Å². The number of nitrogens with zero attached hydrogens (tertiary/aromatic N) is 1. The van der Waals surface area contributed by atoms with Crippen molar-refractivity contribution < 1.29 is 18.7 Å². The number of primary amides is 1. The molecule has 0 bridgehead atoms. The first-order valence-corrected chi connectivity index (χ1v) is 8.34.